The standard InChI is InChI=1S/C27H20ClFN2O2S2/c1-33-19-11-9-17(10-12-19)14-31-26(32)25(35-27(31)34)13-18-15-30(24-8-3-2-5-20(18)24)16-21-22(28)6-4-7-23(21)29/h2-13,15H,14,16H2,1H3/b25-13-. The fourth-order valence-electron chi connectivity index (χ4n) is 4.07. The van der Waals surface area contributed by atoms with Crippen molar-refractivity contribution >= 4 is 62.8 Å². The normalized spacial score (nSPS) is 14.9. The molecule has 176 valence electrons. The number of carbonyl (C=O) groups excluding carboxylic acids is 1. The topological polar surface area (TPSA) is 34.5 Å². The first-order chi connectivity index (χ1) is 16.9. The average Bonchev–Trinajstić information content (AvgIpc) is 3.34. The lowest BCUT2D eigenvalue weighted by Gasteiger charge is -2.14. The van der Waals surface area contributed by atoms with Crippen LogP contribution in [0.15, 0.2) is 77.8 Å². The van der Waals surface area contributed by atoms with Crippen LogP contribution in [0.3, 0.4) is 0 Å². The molecule has 4 aromatic rings. The monoisotopic (exact) mass is 522 g/mol. The van der Waals surface area contributed by atoms with Crippen LogP contribution in [0.2, 0.25) is 5.02 Å². The number of methoxy groups -OCH3 is 1. The first-order valence-electron chi connectivity index (χ1n) is 10.8. The van der Waals surface area contributed by atoms with Crippen molar-refractivity contribution in [2.75, 3.05) is 7.11 Å². The van der Waals surface area contributed by atoms with Crippen molar-refractivity contribution in [3.8, 4) is 5.75 Å². The highest BCUT2D eigenvalue weighted by molar-refractivity contribution is 8.26. The molecule has 0 spiro atoms. The lowest BCUT2D eigenvalue weighted by Crippen LogP contribution is -2.27. The molecule has 3 aromatic carbocycles. The second kappa shape index (κ2) is 9.85. The van der Waals surface area contributed by atoms with E-state index in [1.807, 2.05) is 65.4 Å². The Bertz CT molecular complexity index is 1460. The minimum absolute atomic E-state index is 0.134. The number of ether oxygens (including phenoxy) is 1. The summed E-state index contributed by atoms with van der Waals surface area (Å²) in [5.74, 6) is 0.271. The van der Waals surface area contributed by atoms with Gasteiger partial charge in [0.2, 0.25) is 0 Å². The summed E-state index contributed by atoms with van der Waals surface area (Å²) >= 11 is 13.1. The molecular weight excluding hydrogens is 503 g/mol. The fourth-order valence-corrected chi connectivity index (χ4v) is 5.53. The zero-order valence-electron chi connectivity index (χ0n) is 18.7. The number of aromatic nitrogens is 1. The molecule has 0 aliphatic carbocycles. The third-order valence-corrected chi connectivity index (χ3v) is 7.60. The number of hydrogen-bond acceptors (Lipinski definition) is 4. The Hall–Kier alpha value is -3.13. The molecule has 5 rings (SSSR count). The molecule has 35 heavy (non-hydrogen) atoms. The minimum Gasteiger partial charge on any atom is -0.497 e. The van der Waals surface area contributed by atoms with Gasteiger partial charge in [0.1, 0.15) is 15.9 Å². The highest BCUT2D eigenvalue weighted by atomic mass is 35.5. The maximum absolute atomic E-state index is 14.4. The highest BCUT2D eigenvalue weighted by Gasteiger charge is 2.32. The van der Waals surface area contributed by atoms with Crippen molar-refractivity contribution in [1.82, 2.24) is 9.47 Å². The molecule has 1 saturated heterocycles. The number of para-hydroxylation sites is 1. The van der Waals surface area contributed by atoms with Crippen LogP contribution in [0.1, 0.15) is 16.7 Å². The first kappa shape index (κ1) is 23.6. The number of fused-ring (bicyclic) bond motifs is 1. The van der Waals surface area contributed by atoms with Crippen LogP contribution in [0, 0.1) is 5.82 Å². The molecule has 1 aliphatic heterocycles. The Morgan fingerprint density at radius 2 is 1.83 bits per heavy atom. The van der Waals surface area contributed by atoms with Crippen molar-refractivity contribution in [3.63, 3.8) is 0 Å². The van der Waals surface area contributed by atoms with E-state index in [4.69, 9.17) is 28.6 Å². The molecule has 1 aromatic heterocycles. The number of benzene rings is 3. The molecule has 1 amide bonds. The molecule has 0 saturated carbocycles. The number of amides is 1. The van der Waals surface area contributed by atoms with Gasteiger partial charge in [0.15, 0.2) is 0 Å². The Morgan fingerprint density at radius 3 is 2.57 bits per heavy atom. The number of halogens is 2. The number of thioether (sulfide) groups is 1. The number of carbonyl (C=O) groups is 1. The summed E-state index contributed by atoms with van der Waals surface area (Å²) in [6.45, 7) is 0.665. The Morgan fingerprint density at radius 1 is 1.06 bits per heavy atom. The minimum atomic E-state index is -0.351. The Balaban J connectivity index is 1.45. The molecule has 1 fully saturated rings. The summed E-state index contributed by atoms with van der Waals surface area (Å²) in [6.07, 6.45) is 3.78. The molecule has 8 heteroatoms. The molecule has 0 radical (unpaired) electrons. The summed E-state index contributed by atoms with van der Waals surface area (Å²) in [5, 5.41) is 1.34. The van der Waals surface area contributed by atoms with Gasteiger partial charge >= 0.3 is 0 Å². The van der Waals surface area contributed by atoms with Crippen LogP contribution in [-0.4, -0.2) is 26.8 Å². The predicted molar refractivity (Wildman–Crippen MR) is 144 cm³/mol. The molecule has 0 atom stereocenters. The summed E-state index contributed by atoms with van der Waals surface area (Å²) < 4.78 is 22.1. The van der Waals surface area contributed by atoms with Crippen LogP contribution in [0.25, 0.3) is 17.0 Å². The number of thiocarbonyl (C=S) groups is 1. The molecular formula is C27H20ClFN2O2S2. The van der Waals surface area contributed by atoms with Crippen LogP contribution < -0.4 is 4.74 Å². The van der Waals surface area contributed by atoms with E-state index >= 15 is 0 Å². The van der Waals surface area contributed by atoms with Gasteiger partial charge in [-0.15, -0.1) is 0 Å². The first-order valence-corrected chi connectivity index (χ1v) is 12.4. The maximum Gasteiger partial charge on any atom is 0.266 e. The van der Waals surface area contributed by atoms with E-state index in [9.17, 15) is 9.18 Å². The van der Waals surface area contributed by atoms with Gasteiger partial charge < -0.3 is 9.30 Å². The quantitative estimate of drug-likeness (QED) is 0.204. The van der Waals surface area contributed by atoms with Crippen molar-refractivity contribution < 1.29 is 13.9 Å². The van der Waals surface area contributed by atoms with Gasteiger partial charge in [-0.1, -0.05) is 72.0 Å². The lowest BCUT2D eigenvalue weighted by molar-refractivity contribution is -0.122. The summed E-state index contributed by atoms with van der Waals surface area (Å²) in [7, 11) is 1.61. The van der Waals surface area contributed by atoms with E-state index in [1.165, 1.54) is 17.8 Å². The van der Waals surface area contributed by atoms with E-state index in [2.05, 4.69) is 0 Å². The zero-order valence-corrected chi connectivity index (χ0v) is 21.1. The van der Waals surface area contributed by atoms with Gasteiger partial charge in [-0.3, -0.25) is 9.69 Å². The third-order valence-electron chi connectivity index (χ3n) is 5.87. The average molecular weight is 523 g/mol. The van der Waals surface area contributed by atoms with Crippen LogP contribution in [0.5, 0.6) is 5.75 Å². The molecule has 1 aliphatic rings. The second-order valence-electron chi connectivity index (χ2n) is 8.05. The van der Waals surface area contributed by atoms with E-state index in [0.29, 0.717) is 26.4 Å². The lowest BCUT2D eigenvalue weighted by atomic mass is 10.1. The summed E-state index contributed by atoms with van der Waals surface area (Å²) in [5.41, 5.74) is 3.17. The summed E-state index contributed by atoms with van der Waals surface area (Å²) in [6, 6.07) is 20.1. The van der Waals surface area contributed by atoms with Crippen molar-refractivity contribution in [2.24, 2.45) is 0 Å². The van der Waals surface area contributed by atoms with Gasteiger partial charge in [-0.05, 0) is 42.0 Å². The van der Waals surface area contributed by atoms with Crippen LogP contribution in [0.4, 0.5) is 4.39 Å². The smallest absolute Gasteiger partial charge is 0.266 e. The molecule has 4 nitrogen and oxygen atoms in total. The van der Waals surface area contributed by atoms with Crippen LogP contribution >= 0.6 is 35.6 Å². The molecule has 0 unspecified atom stereocenters. The highest BCUT2D eigenvalue weighted by Crippen LogP contribution is 2.36. The number of nitrogens with zero attached hydrogens (tertiary/aromatic N) is 2. The molecule has 0 bridgehead atoms. The SMILES string of the molecule is COc1ccc(CN2C(=O)/C(=C/c3cn(Cc4c(F)cccc4Cl)c4ccccc34)SC2=S)cc1. The third kappa shape index (κ3) is 4.72. The van der Waals surface area contributed by atoms with Crippen LogP contribution in [-0.2, 0) is 17.9 Å². The Kier molecular flexibility index (Phi) is 6.65. The van der Waals surface area contributed by atoms with E-state index in [0.717, 1.165) is 27.8 Å². The van der Waals surface area contributed by atoms with E-state index in [1.54, 1.807) is 24.1 Å². The van der Waals surface area contributed by atoms with Gasteiger partial charge in [0.05, 0.1) is 25.1 Å². The van der Waals surface area contributed by atoms with Crippen molar-refractivity contribution in [2.45, 2.75) is 13.1 Å². The second-order valence-corrected chi connectivity index (χ2v) is 10.1. The van der Waals surface area contributed by atoms with Gasteiger partial charge in [-0.2, -0.15) is 0 Å². The number of rotatable bonds is 6. The molecule has 2 heterocycles. The maximum atomic E-state index is 14.4. The summed E-state index contributed by atoms with van der Waals surface area (Å²) in [4.78, 5) is 15.4. The fraction of sp³-hybridized carbons (Fsp3) is 0.111. The van der Waals surface area contributed by atoms with E-state index in [-0.39, 0.29) is 18.3 Å². The van der Waals surface area contributed by atoms with Gasteiger partial charge in [0, 0.05) is 33.2 Å². The van der Waals surface area contributed by atoms with Crippen molar-refractivity contribution in [3.05, 3.63) is 105 Å². The van der Waals surface area contributed by atoms with E-state index < -0.39 is 0 Å². The largest absolute Gasteiger partial charge is 0.497 e. The van der Waals surface area contributed by atoms with Crippen molar-refractivity contribution in [1.29, 1.82) is 0 Å². The zero-order chi connectivity index (χ0) is 24.5. The predicted octanol–water partition coefficient (Wildman–Crippen LogP) is 6.89. The van der Waals surface area contributed by atoms with Gasteiger partial charge in [-0.25, -0.2) is 4.39 Å². The van der Waals surface area contributed by atoms with Gasteiger partial charge in [0.25, 0.3) is 5.91 Å². The Labute approximate surface area is 216 Å². The number of hydrogen-bond donors (Lipinski definition) is 0. The molecule has 0 N–H and O–H groups in total.